The number of pyridine rings is 1. The van der Waals surface area contributed by atoms with Crippen LogP contribution in [0, 0.1) is 0 Å². The van der Waals surface area contributed by atoms with E-state index in [1.807, 2.05) is 23.9 Å². The van der Waals surface area contributed by atoms with Crippen molar-refractivity contribution in [3.05, 3.63) is 28.9 Å². The summed E-state index contributed by atoms with van der Waals surface area (Å²) in [5.41, 5.74) is 9.12. The maximum Gasteiger partial charge on any atom is 0.0745 e. The second-order valence-electron chi connectivity index (χ2n) is 4.68. The highest BCUT2D eigenvalue weighted by atomic mass is 79.9. The zero-order valence-electron chi connectivity index (χ0n) is 10.6. The molecule has 3 nitrogen and oxygen atoms in total. The number of nitrogens with two attached hydrogens (primary N) is 1. The van der Waals surface area contributed by atoms with Gasteiger partial charge in [0.2, 0.25) is 0 Å². The number of nitrogen functional groups attached to an aromatic ring is 1. The minimum absolute atomic E-state index is 0.775. The van der Waals surface area contributed by atoms with Gasteiger partial charge in [-0.1, -0.05) is 15.9 Å². The number of benzene rings is 1. The molecule has 2 aromatic rings. The molecule has 0 aliphatic carbocycles. The van der Waals surface area contributed by atoms with Gasteiger partial charge >= 0.3 is 0 Å². The number of nitrogens with zero attached hydrogens (tertiary/aromatic N) is 2. The molecular weight excluding hydrogens is 322 g/mol. The predicted octanol–water partition coefficient (Wildman–Crippen LogP) is 3.52. The van der Waals surface area contributed by atoms with Gasteiger partial charge in [0.25, 0.3) is 0 Å². The fourth-order valence-electron chi connectivity index (χ4n) is 2.49. The number of rotatable bonds is 1. The summed E-state index contributed by atoms with van der Waals surface area (Å²) in [6.45, 7) is 2.13. The standard InChI is InChI=1S/C14H16BrN3S/c15-10-2-3-13-11(8-10)14(12(16)9-17-13)18-4-1-6-19-7-5-18/h2-3,8-9H,1,4-7,16H2. The molecule has 0 radical (unpaired) electrons. The average Bonchev–Trinajstić information content (AvgIpc) is 2.67. The summed E-state index contributed by atoms with van der Waals surface area (Å²) in [5, 5.41) is 1.14. The van der Waals surface area contributed by atoms with Crippen LogP contribution < -0.4 is 10.6 Å². The molecule has 5 heteroatoms. The van der Waals surface area contributed by atoms with E-state index in [1.54, 1.807) is 6.20 Å². The van der Waals surface area contributed by atoms with Crippen LogP contribution in [-0.4, -0.2) is 29.6 Å². The molecule has 3 rings (SSSR count). The van der Waals surface area contributed by atoms with Crippen LogP contribution in [0.2, 0.25) is 0 Å². The number of fused-ring (bicyclic) bond motifs is 1. The molecule has 0 spiro atoms. The van der Waals surface area contributed by atoms with Crippen molar-refractivity contribution in [1.29, 1.82) is 0 Å². The fourth-order valence-corrected chi connectivity index (χ4v) is 3.74. The van der Waals surface area contributed by atoms with Crippen molar-refractivity contribution < 1.29 is 0 Å². The molecule has 0 bridgehead atoms. The Hall–Kier alpha value is -0.940. The van der Waals surface area contributed by atoms with E-state index in [2.05, 4.69) is 31.9 Å². The van der Waals surface area contributed by atoms with Gasteiger partial charge < -0.3 is 10.6 Å². The lowest BCUT2D eigenvalue weighted by atomic mass is 10.1. The largest absolute Gasteiger partial charge is 0.396 e. The lowest BCUT2D eigenvalue weighted by molar-refractivity contribution is 0.820. The quantitative estimate of drug-likeness (QED) is 0.864. The number of hydrogen-bond donors (Lipinski definition) is 1. The van der Waals surface area contributed by atoms with Crippen LogP contribution >= 0.6 is 27.7 Å². The minimum atomic E-state index is 0.775. The Morgan fingerprint density at radius 1 is 1.26 bits per heavy atom. The van der Waals surface area contributed by atoms with Gasteiger partial charge in [0.15, 0.2) is 0 Å². The Morgan fingerprint density at radius 3 is 3.05 bits per heavy atom. The van der Waals surface area contributed by atoms with E-state index >= 15 is 0 Å². The van der Waals surface area contributed by atoms with E-state index in [1.165, 1.54) is 12.2 Å². The van der Waals surface area contributed by atoms with Crippen LogP contribution in [0.5, 0.6) is 0 Å². The summed E-state index contributed by atoms with van der Waals surface area (Å²) in [6.07, 6.45) is 2.99. The summed E-state index contributed by atoms with van der Waals surface area (Å²) in [6, 6.07) is 6.18. The molecule has 1 fully saturated rings. The molecule has 19 heavy (non-hydrogen) atoms. The zero-order chi connectivity index (χ0) is 13.2. The van der Waals surface area contributed by atoms with Gasteiger partial charge in [-0.05, 0) is 30.4 Å². The van der Waals surface area contributed by atoms with Crippen LogP contribution in [-0.2, 0) is 0 Å². The van der Waals surface area contributed by atoms with Crippen LogP contribution in [0.15, 0.2) is 28.9 Å². The lowest BCUT2D eigenvalue weighted by Gasteiger charge is -2.25. The Labute approximate surface area is 125 Å². The molecule has 1 aromatic carbocycles. The maximum absolute atomic E-state index is 6.19. The summed E-state index contributed by atoms with van der Waals surface area (Å²) in [4.78, 5) is 6.83. The minimum Gasteiger partial charge on any atom is -0.396 e. The molecule has 0 saturated carbocycles. The zero-order valence-corrected chi connectivity index (χ0v) is 13.0. The summed E-state index contributed by atoms with van der Waals surface area (Å²) < 4.78 is 1.07. The monoisotopic (exact) mass is 337 g/mol. The number of halogens is 1. The van der Waals surface area contributed by atoms with Crippen LogP contribution in [0.3, 0.4) is 0 Å². The third-order valence-electron chi connectivity index (χ3n) is 3.37. The predicted molar refractivity (Wildman–Crippen MR) is 88.0 cm³/mol. The molecule has 0 unspecified atom stereocenters. The van der Waals surface area contributed by atoms with Crippen LogP contribution in [0.25, 0.3) is 10.9 Å². The van der Waals surface area contributed by atoms with Gasteiger partial charge in [-0.2, -0.15) is 11.8 Å². The van der Waals surface area contributed by atoms with E-state index in [-0.39, 0.29) is 0 Å². The highest BCUT2D eigenvalue weighted by Gasteiger charge is 2.16. The van der Waals surface area contributed by atoms with E-state index in [4.69, 9.17) is 5.73 Å². The highest BCUT2D eigenvalue weighted by molar-refractivity contribution is 9.10. The fraction of sp³-hybridized carbons (Fsp3) is 0.357. The van der Waals surface area contributed by atoms with E-state index < -0.39 is 0 Å². The van der Waals surface area contributed by atoms with Gasteiger partial charge in [0.1, 0.15) is 0 Å². The van der Waals surface area contributed by atoms with E-state index in [0.29, 0.717) is 0 Å². The first-order chi connectivity index (χ1) is 9.25. The van der Waals surface area contributed by atoms with E-state index in [9.17, 15) is 0 Å². The van der Waals surface area contributed by atoms with Crippen molar-refractivity contribution in [2.24, 2.45) is 0 Å². The smallest absolute Gasteiger partial charge is 0.0745 e. The second kappa shape index (κ2) is 5.59. The van der Waals surface area contributed by atoms with Crippen molar-refractivity contribution in [2.75, 3.05) is 35.2 Å². The molecule has 1 aliphatic heterocycles. The molecule has 1 aromatic heterocycles. The second-order valence-corrected chi connectivity index (χ2v) is 6.82. The molecule has 100 valence electrons. The third kappa shape index (κ3) is 2.67. The summed E-state index contributed by atoms with van der Waals surface area (Å²) in [7, 11) is 0. The van der Waals surface area contributed by atoms with Gasteiger partial charge in [0, 0.05) is 28.7 Å². The topological polar surface area (TPSA) is 42.1 Å². The molecule has 2 N–H and O–H groups in total. The number of aromatic nitrogens is 1. The first-order valence-corrected chi connectivity index (χ1v) is 8.37. The van der Waals surface area contributed by atoms with Crippen molar-refractivity contribution in [3.8, 4) is 0 Å². The first-order valence-electron chi connectivity index (χ1n) is 6.42. The van der Waals surface area contributed by atoms with Crippen LogP contribution in [0.1, 0.15) is 6.42 Å². The van der Waals surface area contributed by atoms with Crippen molar-refractivity contribution in [3.63, 3.8) is 0 Å². The Kier molecular flexibility index (Phi) is 3.84. The lowest BCUT2D eigenvalue weighted by Crippen LogP contribution is -2.26. The molecule has 0 atom stereocenters. The van der Waals surface area contributed by atoms with Crippen molar-refractivity contribution in [2.45, 2.75) is 6.42 Å². The van der Waals surface area contributed by atoms with Crippen molar-refractivity contribution in [1.82, 2.24) is 4.98 Å². The molecular formula is C14H16BrN3S. The summed E-state index contributed by atoms with van der Waals surface area (Å²) in [5.74, 6) is 2.40. The SMILES string of the molecule is Nc1cnc2ccc(Br)cc2c1N1CCCSCC1. The Bertz CT molecular complexity index is 589. The van der Waals surface area contributed by atoms with Crippen molar-refractivity contribution >= 4 is 50.0 Å². The van der Waals surface area contributed by atoms with Gasteiger partial charge in [-0.3, -0.25) is 4.98 Å². The highest BCUT2D eigenvalue weighted by Crippen LogP contribution is 2.34. The van der Waals surface area contributed by atoms with Gasteiger partial charge in [-0.15, -0.1) is 0 Å². The van der Waals surface area contributed by atoms with Gasteiger partial charge in [0.05, 0.1) is 23.1 Å². The number of thioether (sulfide) groups is 1. The summed E-state index contributed by atoms with van der Waals surface area (Å²) >= 11 is 5.56. The average molecular weight is 338 g/mol. The maximum atomic E-state index is 6.19. The molecule has 1 aliphatic rings. The third-order valence-corrected chi connectivity index (χ3v) is 4.91. The Morgan fingerprint density at radius 2 is 2.16 bits per heavy atom. The van der Waals surface area contributed by atoms with Crippen LogP contribution in [0.4, 0.5) is 11.4 Å². The Balaban J connectivity index is 2.14. The first kappa shape index (κ1) is 13.1. The molecule has 2 heterocycles. The van der Waals surface area contributed by atoms with E-state index in [0.717, 1.165) is 45.6 Å². The normalized spacial score (nSPS) is 16.6. The number of anilines is 2. The van der Waals surface area contributed by atoms with Gasteiger partial charge in [-0.25, -0.2) is 0 Å². The molecule has 0 amide bonds. The molecule has 1 saturated heterocycles. The number of hydrogen-bond acceptors (Lipinski definition) is 4.